The van der Waals surface area contributed by atoms with Crippen molar-refractivity contribution in [3.63, 3.8) is 0 Å². The Kier molecular flexibility index (Phi) is 13.5. The molecular formula is C48H56N10O7. The van der Waals surface area contributed by atoms with E-state index in [-0.39, 0.29) is 29.8 Å². The zero-order valence-corrected chi connectivity index (χ0v) is 37.0. The molecule has 340 valence electrons. The first-order chi connectivity index (χ1) is 31.4. The summed E-state index contributed by atoms with van der Waals surface area (Å²) in [6.45, 7) is 15.9. The van der Waals surface area contributed by atoms with Crippen LogP contribution in [0.5, 0.6) is 0 Å². The van der Waals surface area contributed by atoms with Crippen molar-refractivity contribution in [1.29, 1.82) is 0 Å². The monoisotopic (exact) mass is 884 g/mol. The number of hydrogen-bond acceptors (Lipinski definition) is 12. The molecule has 17 nitrogen and oxygen atoms in total. The van der Waals surface area contributed by atoms with Crippen LogP contribution in [0.15, 0.2) is 96.6 Å². The second-order valence-electron chi connectivity index (χ2n) is 17.0. The minimum Gasteiger partial charge on any atom is -0.384 e. The third-order valence-electron chi connectivity index (χ3n) is 12.0. The first-order valence-electron chi connectivity index (χ1n) is 22.1. The Balaban J connectivity index is 0.745. The summed E-state index contributed by atoms with van der Waals surface area (Å²) in [7, 11) is 0. The Morgan fingerprint density at radius 2 is 1.72 bits per heavy atom. The van der Waals surface area contributed by atoms with Gasteiger partial charge in [0.15, 0.2) is 11.5 Å². The van der Waals surface area contributed by atoms with Crippen molar-refractivity contribution in [2.24, 2.45) is 0 Å². The topological polar surface area (TPSA) is 189 Å². The molecular weight excluding hydrogens is 829 g/mol. The van der Waals surface area contributed by atoms with Crippen molar-refractivity contribution < 1.29 is 29.0 Å². The van der Waals surface area contributed by atoms with Crippen LogP contribution in [0.3, 0.4) is 0 Å². The number of ether oxygens (including phenoxy) is 2. The summed E-state index contributed by atoms with van der Waals surface area (Å²) in [4.78, 5) is 71.7. The maximum atomic E-state index is 13.4. The number of allylic oxidation sites excluding steroid dienone is 2. The molecule has 3 aliphatic rings. The predicted octanol–water partition coefficient (Wildman–Crippen LogP) is 4.59. The summed E-state index contributed by atoms with van der Waals surface area (Å²) >= 11 is 0. The molecule has 0 saturated carbocycles. The Morgan fingerprint density at radius 1 is 0.969 bits per heavy atom. The molecule has 5 aromatic rings. The maximum absolute atomic E-state index is 13.4. The van der Waals surface area contributed by atoms with Crippen LogP contribution in [-0.2, 0) is 44.2 Å². The number of benzene rings is 2. The van der Waals surface area contributed by atoms with Gasteiger partial charge < -0.3 is 39.9 Å². The lowest BCUT2D eigenvalue weighted by Crippen LogP contribution is -2.49. The number of carbonyl (C=O) groups is 3. The summed E-state index contributed by atoms with van der Waals surface area (Å²) < 4.78 is 14.7. The predicted molar refractivity (Wildman–Crippen MR) is 246 cm³/mol. The van der Waals surface area contributed by atoms with Gasteiger partial charge in [0.25, 0.3) is 11.5 Å². The van der Waals surface area contributed by atoms with Crippen LogP contribution in [0.1, 0.15) is 66.7 Å². The van der Waals surface area contributed by atoms with Gasteiger partial charge in [0, 0.05) is 68.2 Å². The van der Waals surface area contributed by atoms with Gasteiger partial charge in [0.1, 0.15) is 17.0 Å². The summed E-state index contributed by atoms with van der Waals surface area (Å²) in [5.74, 6) is 0.529. The number of amides is 3. The molecule has 0 aliphatic carbocycles. The molecule has 0 radical (unpaired) electrons. The standard InChI is InChI=1S/C48H56N10O7/c1-5-21-57-46(62)37-30-49-47(53-43(37)58(57)41-13-7-12-40(52-41)48(3,4)63)51-34-15-17-35(18-16-34)54-22-24-55(25-23-54)42(59)20-27-65-29-28-64-26-8-10-33-9-6-11-36-38(33)31-56(45(36)61)39-19-14-32(2)50-44(39)60/h5-7,9,11-13,15-18,30,39,63H,1-2,8,10,14,19-29,31H2,3-4H3,(H,50,60)(H,49,51,53). The van der Waals surface area contributed by atoms with Crippen molar-refractivity contribution in [2.75, 3.05) is 62.8 Å². The van der Waals surface area contributed by atoms with Crippen LogP contribution in [0.4, 0.5) is 17.3 Å². The number of rotatable bonds is 18. The molecule has 1 unspecified atom stereocenters. The van der Waals surface area contributed by atoms with Crippen molar-refractivity contribution in [1.82, 2.24) is 39.4 Å². The van der Waals surface area contributed by atoms with Crippen molar-refractivity contribution in [2.45, 2.75) is 70.7 Å². The van der Waals surface area contributed by atoms with Crippen molar-refractivity contribution >= 4 is 46.1 Å². The first kappa shape index (κ1) is 44.9. The highest BCUT2D eigenvalue weighted by atomic mass is 16.5. The van der Waals surface area contributed by atoms with Crippen LogP contribution in [0, 0.1) is 0 Å². The summed E-state index contributed by atoms with van der Waals surface area (Å²) in [5, 5.41) is 17.0. The summed E-state index contributed by atoms with van der Waals surface area (Å²) in [6.07, 6.45) is 6.22. The fourth-order valence-corrected chi connectivity index (χ4v) is 8.56. The van der Waals surface area contributed by atoms with E-state index in [1.54, 1.807) is 47.7 Å². The van der Waals surface area contributed by atoms with Gasteiger partial charge in [-0.3, -0.25) is 19.2 Å². The van der Waals surface area contributed by atoms with E-state index in [9.17, 15) is 24.3 Å². The fourth-order valence-electron chi connectivity index (χ4n) is 8.56. The molecule has 2 saturated heterocycles. The van der Waals surface area contributed by atoms with E-state index in [1.807, 2.05) is 47.4 Å². The number of aliphatic hydroxyl groups is 1. The molecule has 1 atom stereocenters. The quantitative estimate of drug-likeness (QED) is 0.0822. The highest BCUT2D eigenvalue weighted by Crippen LogP contribution is 2.31. The highest BCUT2D eigenvalue weighted by Gasteiger charge is 2.38. The Hall–Kier alpha value is -6.69. The highest BCUT2D eigenvalue weighted by molar-refractivity contribution is 6.01. The second-order valence-corrected chi connectivity index (χ2v) is 17.0. The molecule has 2 aromatic carbocycles. The number of nitrogens with one attached hydrogen (secondary N) is 2. The second kappa shape index (κ2) is 19.6. The van der Waals surface area contributed by atoms with Crippen LogP contribution in [-0.4, -0.2) is 116 Å². The number of carbonyl (C=O) groups excluding carboxylic acids is 3. The Labute approximate surface area is 377 Å². The summed E-state index contributed by atoms with van der Waals surface area (Å²) in [5.41, 5.74) is 4.60. The van der Waals surface area contributed by atoms with Gasteiger partial charge in [-0.25, -0.2) is 19.3 Å². The third kappa shape index (κ3) is 10.0. The third-order valence-corrected chi connectivity index (χ3v) is 12.0. The SMILES string of the molecule is C=CCn1c(=O)c2cnc(Nc3ccc(N4CCN(C(=O)CCOCCOCCCc5cccc6c5CN(C5CCC(=C)NC5=O)C6=O)CC4)cc3)nc2n1-c1cccc(C(C)(C)O)n1. The van der Waals surface area contributed by atoms with Gasteiger partial charge >= 0.3 is 0 Å². The number of piperidine rings is 1. The average molecular weight is 885 g/mol. The zero-order valence-electron chi connectivity index (χ0n) is 37.0. The van der Waals surface area contributed by atoms with E-state index in [0.29, 0.717) is 118 Å². The minimum absolute atomic E-state index is 0.0649. The molecule has 0 bridgehead atoms. The molecule has 3 aliphatic heterocycles. The van der Waals surface area contributed by atoms with Gasteiger partial charge in [0.05, 0.1) is 38.5 Å². The molecule has 0 spiro atoms. The lowest BCUT2D eigenvalue weighted by Gasteiger charge is -2.36. The fraction of sp³-hybridized carbons (Fsp3) is 0.396. The number of piperazine rings is 1. The Bertz CT molecular complexity index is 2640. The number of pyridine rings is 1. The van der Waals surface area contributed by atoms with Crippen LogP contribution in [0.2, 0.25) is 0 Å². The van der Waals surface area contributed by atoms with E-state index < -0.39 is 11.6 Å². The lowest BCUT2D eigenvalue weighted by atomic mass is 10.00. The lowest BCUT2D eigenvalue weighted by molar-refractivity contribution is -0.132. The van der Waals surface area contributed by atoms with E-state index in [0.717, 1.165) is 35.3 Å². The van der Waals surface area contributed by atoms with E-state index in [1.165, 1.54) is 10.9 Å². The molecule has 8 rings (SSSR count). The van der Waals surface area contributed by atoms with Gasteiger partial charge in [-0.05, 0) is 93.1 Å². The number of fused-ring (bicyclic) bond motifs is 2. The van der Waals surface area contributed by atoms with E-state index >= 15 is 0 Å². The normalized spacial score (nSPS) is 16.6. The number of hydrogen-bond donors (Lipinski definition) is 3. The zero-order chi connectivity index (χ0) is 45.7. The van der Waals surface area contributed by atoms with Gasteiger partial charge in [-0.2, -0.15) is 4.98 Å². The maximum Gasteiger partial charge on any atom is 0.278 e. The number of aryl methyl sites for hydroxylation is 1. The molecule has 3 N–H and O–H groups in total. The molecule has 2 fully saturated rings. The minimum atomic E-state index is -1.19. The van der Waals surface area contributed by atoms with Crippen LogP contribution in [0.25, 0.3) is 16.9 Å². The smallest absolute Gasteiger partial charge is 0.278 e. The van der Waals surface area contributed by atoms with Crippen LogP contribution < -0.4 is 21.1 Å². The number of nitrogens with zero attached hydrogens (tertiary/aromatic N) is 8. The van der Waals surface area contributed by atoms with E-state index in [2.05, 4.69) is 38.7 Å². The molecule has 3 aromatic heterocycles. The summed E-state index contributed by atoms with van der Waals surface area (Å²) in [6, 6.07) is 18.5. The average Bonchev–Trinajstić information content (AvgIpc) is 3.78. The number of anilines is 3. The molecule has 6 heterocycles. The van der Waals surface area contributed by atoms with E-state index in [4.69, 9.17) is 14.5 Å². The first-order valence-corrected chi connectivity index (χ1v) is 22.1. The van der Waals surface area contributed by atoms with Crippen molar-refractivity contribution in [3.05, 3.63) is 125 Å². The molecule has 65 heavy (non-hydrogen) atoms. The number of aromatic nitrogens is 5. The molecule has 3 amide bonds. The van der Waals surface area contributed by atoms with Gasteiger partial charge in [-0.15, -0.1) is 6.58 Å². The largest absolute Gasteiger partial charge is 0.384 e. The van der Waals surface area contributed by atoms with Crippen LogP contribution >= 0.6 is 0 Å². The van der Waals surface area contributed by atoms with Gasteiger partial charge in [-0.1, -0.05) is 30.9 Å². The molecule has 17 heteroatoms. The van der Waals surface area contributed by atoms with Crippen molar-refractivity contribution in [3.8, 4) is 5.82 Å². The van der Waals surface area contributed by atoms with Gasteiger partial charge in [0.2, 0.25) is 17.8 Å². The Morgan fingerprint density at radius 3 is 2.46 bits per heavy atom.